The number of nitrogens with two attached hydrogens (primary N) is 2. The highest BCUT2D eigenvalue weighted by molar-refractivity contribution is 6.39. The van der Waals surface area contributed by atoms with E-state index in [4.69, 9.17) is 34.7 Å². The summed E-state index contributed by atoms with van der Waals surface area (Å²) in [6, 6.07) is 3.76. The predicted molar refractivity (Wildman–Crippen MR) is 66.9 cm³/mol. The van der Waals surface area contributed by atoms with Crippen LogP contribution >= 0.6 is 23.2 Å². The first kappa shape index (κ1) is 13.8. The number of anilines is 1. The molecule has 0 radical (unpaired) electrons. The van der Waals surface area contributed by atoms with Gasteiger partial charge in [0.2, 0.25) is 11.8 Å². The fraction of sp³-hybridized carbons (Fsp3) is 0.200. The van der Waals surface area contributed by atoms with E-state index in [0.29, 0.717) is 0 Å². The average molecular weight is 276 g/mol. The molecule has 17 heavy (non-hydrogen) atoms. The Morgan fingerprint density at radius 2 is 1.82 bits per heavy atom. The summed E-state index contributed by atoms with van der Waals surface area (Å²) in [7, 11) is 0. The summed E-state index contributed by atoms with van der Waals surface area (Å²) < 4.78 is 0. The Hall–Kier alpha value is -1.30. The number of nitrogens with one attached hydrogen (secondary N) is 1. The summed E-state index contributed by atoms with van der Waals surface area (Å²) in [5.74, 6) is -1.23. The first-order chi connectivity index (χ1) is 7.91. The van der Waals surface area contributed by atoms with E-state index < -0.39 is 17.9 Å². The van der Waals surface area contributed by atoms with E-state index in [1.165, 1.54) is 0 Å². The van der Waals surface area contributed by atoms with Gasteiger partial charge in [-0.1, -0.05) is 29.3 Å². The Labute approximate surface area is 108 Å². The second-order valence-corrected chi connectivity index (χ2v) is 4.18. The summed E-state index contributed by atoms with van der Waals surface area (Å²) in [6.07, 6.45) is -0.242. The van der Waals surface area contributed by atoms with Crippen LogP contribution in [0.5, 0.6) is 0 Å². The molecule has 0 heterocycles. The van der Waals surface area contributed by atoms with Crippen LogP contribution in [0.4, 0.5) is 5.69 Å². The molecule has 0 aromatic heterocycles. The summed E-state index contributed by atoms with van der Waals surface area (Å²) in [5, 5.41) is 3.03. The zero-order valence-electron chi connectivity index (χ0n) is 8.74. The van der Waals surface area contributed by atoms with Crippen LogP contribution in [0.25, 0.3) is 0 Å². The highest BCUT2D eigenvalue weighted by Crippen LogP contribution is 2.29. The zero-order chi connectivity index (χ0) is 13.0. The summed E-state index contributed by atoms with van der Waals surface area (Å²) >= 11 is 11.7. The topological polar surface area (TPSA) is 98.2 Å². The molecule has 5 N–H and O–H groups in total. The van der Waals surface area contributed by atoms with Crippen LogP contribution in [0, 0.1) is 0 Å². The first-order valence-electron chi connectivity index (χ1n) is 4.70. The number of rotatable bonds is 4. The fourth-order valence-electron chi connectivity index (χ4n) is 1.14. The monoisotopic (exact) mass is 275 g/mol. The molecule has 0 aliphatic carbocycles. The summed E-state index contributed by atoms with van der Waals surface area (Å²) in [4.78, 5) is 22.2. The highest BCUT2D eigenvalue weighted by Gasteiger charge is 2.18. The lowest BCUT2D eigenvalue weighted by Crippen LogP contribution is -2.39. The van der Waals surface area contributed by atoms with Gasteiger partial charge in [0.1, 0.15) is 0 Å². The third-order valence-electron chi connectivity index (χ3n) is 1.97. The average Bonchev–Trinajstić information content (AvgIpc) is 2.22. The van der Waals surface area contributed by atoms with Gasteiger partial charge in [-0.25, -0.2) is 0 Å². The van der Waals surface area contributed by atoms with E-state index in [-0.39, 0.29) is 22.2 Å². The molecule has 0 fully saturated rings. The van der Waals surface area contributed by atoms with Crippen molar-refractivity contribution in [1.82, 2.24) is 0 Å². The lowest BCUT2D eigenvalue weighted by Gasteiger charge is -2.12. The number of carbonyl (C=O) groups excluding carboxylic acids is 2. The fourth-order valence-corrected chi connectivity index (χ4v) is 1.63. The molecule has 0 aliphatic rings. The van der Waals surface area contributed by atoms with Gasteiger partial charge in [-0.3, -0.25) is 9.59 Å². The van der Waals surface area contributed by atoms with E-state index in [9.17, 15) is 9.59 Å². The molecular weight excluding hydrogens is 265 g/mol. The lowest BCUT2D eigenvalue weighted by atomic mass is 10.2. The number of carbonyl (C=O) groups is 2. The highest BCUT2D eigenvalue weighted by atomic mass is 35.5. The molecule has 92 valence electrons. The number of amides is 2. The van der Waals surface area contributed by atoms with Crippen molar-refractivity contribution in [1.29, 1.82) is 0 Å². The quantitative estimate of drug-likeness (QED) is 0.768. The molecule has 0 aliphatic heterocycles. The molecule has 0 bridgehead atoms. The van der Waals surface area contributed by atoms with Crippen LogP contribution in [0.1, 0.15) is 6.42 Å². The molecule has 1 aromatic rings. The Morgan fingerprint density at radius 3 is 2.29 bits per heavy atom. The Bertz CT molecular complexity index is 431. The van der Waals surface area contributed by atoms with Crippen LogP contribution < -0.4 is 16.8 Å². The maximum absolute atomic E-state index is 11.6. The van der Waals surface area contributed by atoms with Crippen LogP contribution in [-0.2, 0) is 9.59 Å². The van der Waals surface area contributed by atoms with Crippen LogP contribution in [0.15, 0.2) is 18.2 Å². The maximum Gasteiger partial charge on any atom is 0.241 e. The van der Waals surface area contributed by atoms with Gasteiger partial charge < -0.3 is 16.8 Å². The van der Waals surface area contributed by atoms with Crippen molar-refractivity contribution >= 4 is 40.7 Å². The van der Waals surface area contributed by atoms with Crippen molar-refractivity contribution in [2.24, 2.45) is 11.5 Å². The van der Waals surface area contributed by atoms with Gasteiger partial charge in [0.05, 0.1) is 28.2 Å². The van der Waals surface area contributed by atoms with Crippen molar-refractivity contribution in [3.8, 4) is 0 Å². The molecule has 0 saturated carbocycles. The van der Waals surface area contributed by atoms with Crippen molar-refractivity contribution in [2.45, 2.75) is 12.5 Å². The number of hydrogen-bond acceptors (Lipinski definition) is 3. The van der Waals surface area contributed by atoms with E-state index in [0.717, 1.165) is 0 Å². The first-order valence-corrected chi connectivity index (χ1v) is 5.46. The third-order valence-corrected chi connectivity index (χ3v) is 2.60. The molecule has 2 amide bonds. The molecule has 7 heteroatoms. The number of primary amides is 1. The van der Waals surface area contributed by atoms with Crippen LogP contribution in [-0.4, -0.2) is 17.9 Å². The van der Waals surface area contributed by atoms with Gasteiger partial charge in [0.25, 0.3) is 0 Å². The maximum atomic E-state index is 11.6. The van der Waals surface area contributed by atoms with Gasteiger partial charge in [-0.2, -0.15) is 0 Å². The number of benzene rings is 1. The van der Waals surface area contributed by atoms with Crippen molar-refractivity contribution in [2.75, 3.05) is 5.32 Å². The van der Waals surface area contributed by atoms with E-state index in [2.05, 4.69) is 5.32 Å². The van der Waals surface area contributed by atoms with E-state index in [1.807, 2.05) is 0 Å². The molecule has 0 spiro atoms. The Balaban J connectivity index is 2.78. The Kier molecular flexibility index (Phi) is 4.74. The minimum absolute atomic E-state index is 0.242. The normalized spacial score (nSPS) is 11.9. The second-order valence-electron chi connectivity index (χ2n) is 3.36. The molecule has 0 saturated heterocycles. The van der Waals surface area contributed by atoms with Crippen LogP contribution in [0.3, 0.4) is 0 Å². The standard InChI is InChI=1S/C10H11Cl2N3O2/c11-5-2-1-3-6(12)9(5)15-10(17)7(13)4-8(14)16/h1-3,7H,4,13H2,(H2,14,16)(H,15,17). The number of halogens is 2. The number of hydrogen-bond donors (Lipinski definition) is 3. The molecule has 5 nitrogen and oxygen atoms in total. The van der Waals surface area contributed by atoms with Gasteiger partial charge in [0, 0.05) is 0 Å². The summed E-state index contributed by atoms with van der Waals surface area (Å²) in [5.41, 5.74) is 10.7. The molecular formula is C10H11Cl2N3O2. The zero-order valence-corrected chi connectivity index (χ0v) is 10.3. The molecule has 1 atom stereocenters. The largest absolute Gasteiger partial charge is 0.370 e. The molecule has 1 aromatic carbocycles. The number of para-hydroxylation sites is 1. The second kappa shape index (κ2) is 5.86. The molecule has 1 rings (SSSR count). The predicted octanol–water partition coefficient (Wildman–Crippen LogP) is 1.13. The van der Waals surface area contributed by atoms with Crippen molar-refractivity contribution in [3.63, 3.8) is 0 Å². The van der Waals surface area contributed by atoms with Gasteiger partial charge >= 0.3 is 0 Å². The smallest absolute Gasteiger partial charge is 0.241 e. The minimum atomic E-state index is -1.03. The Morgan fingerprint density at radius 1 is 1.29 bits per heavy atom. The summed E-state index contributed by atoms with van der Waals surface area (Å²) in [6.45, 7) is 0. The van der Waals surface area contributed by atoms with Crippen molar-refractivity contribution in [3.05, 3.63) is 28.2 Å². The van der Waals surface area contributed by atoms with Crippen LogP contribution in [0.2, 0.25) is 10.0 Å². The lowest BCUT2D eigenvalue weighted by molar-refractivity contribution is -0.123. The van der Waals surface area contributed by atoms with Gasteiger partial charge in [-0.05, 0) is 12.1 Å². The third kappa shape index (κ3) is 3.89. The SMILES string of the molecule is NC(=O)CC(N)C(=O)Nc1c(Cl)cccc1Cl. The minimum Gasteiger partial charge on any atom is -0.370 e. The molecule has 1 unspecified atom stereocenters. The van der Waals surface area contributed by atoms with E-state index in [1.54, 1.807) is 18.2 Å². The van der Waals surface area contributed by atoms with E-state index >= 15 is 0 Å². The van der Waals surface area contributed by atoms with Crippen molar-refractivity contribution < 1.29 is 9.59 Å². The van der Waals surface area contributed by atoms with Gasteiger partial charge in [0.15, 0.2) is 0 Å². The van der Waals surface area contributed by atoms with Gasteiger partial charge in [-0.15, -0.1) is 0 Å².